The monoisotopic (exact) mass is 446 g/mol. The van der Waals surface area contributed by atoms with Crippen molar-refractivity contribution in [2.24, 2.45) is 0 Å². The Balaban J connectivity index is 1.65. The fraction of sp³-hybridized carbons (Fsp3) is 0. The van der Waals surface area contributed by atoms with Crippen molar-refractivity contribution in [2.45, 2.75) is 0 Å². The second-order valence-corrected chi connectivity index (χ2v) is 8.34. The van der Waals surface area contributed by atoms with Gasteiger partial charge in [0.05, 0.1) is 45.5 Å². The number of fused-ring (bicyclic) bond motifs is 8. The molecular weight excluding hydrogens is 424 g/mol. The summed E-state index contributed by atoms with van der Waals surface area (Å²) in [5.74, 6) is 0. The highest BCUT2D eigenvalue weighted by atomic mass is 14.8. The van der Waals surface area contributed by atoms with Crippen LogP contribution >= 0.6 is 0 Å². The van der Waals surface area contributed by atoms with E-state index < -0.39 is 0 Å². The molecule has 0 saturated heterocycles. The molecule has 8 heteroatoms. The van der Waals surface area contributed by atoms with Crippen molar-refractivity contribution < 1.29 is 0 Å². The van der Waals surface area contributed by atoms with Gasteiger partial charge in [-0.15, -0.1) is 0 Å². The fourth-order valence-electron chi connectivity index (χ4n) is 4.21. The van der Waals surface area contributed by atoms with Gasteiger partial charge in [0.1, 0.15) is 0 Å². The third-order valence-corrected chi connectivity index (χ3v) is 5.94. The second kappa shape index (κ2) is 7.28. The molecule has 0 amide bonds. The van der Waals surface area contributed by atoms with Gasteiger partial charge >= 0.3 is 0 Å². The molecule has 0 fully saturated rings. The molecular formula is C26H22N8. The van der Waals surface area contributed by atoms with Crippen LogP contribution in [0, 0.1) is 0 Å². The number of nitrogens with one attached hydrogen (secondary N) is 2. The molecule has 5 heterocycles. The van der Waals surface area contributed by atoms with E-state index >= 15 is 0 Å². The third-order valence-electron chi connectivity index (χ3n) is 5.94. The maximum Gasteiger partial charge on any atom is 0.0809 e. The average molecular weight is 447 g/mol. The summed E-state index contributed by atoms with van der Waals surface area (Å²) >= 11 is 0. The Morgan fingerprint density at radius 3 is 1.74 bits per heavy atom. The van der Waals surface area contributed by atoms with Crippen LogP contribution in [0.15, 0.2) is 54.6 Å². The summed E-state index contributed by atoms with van der Waals surface area (Å²) in [6.45, 7) is 0. The minimum absolute atomic E-state index is 0.272. The molecule has 8 bridgehead atoms. The van der Waals surface area contributed by atoms with Crippen molar-refractivity contribution in [3.05, 3.63) is 82.9 Å². The standard InChI is InChI=1S/C26H22N8/c27-22-12-21(24(28)26(30)25(22)29)20-10-19-9-17-4-3-15(32-17)7-13-1-2-14(31-13)8-16-5-6-18(33-16)11-23(20)34-19/h1-12,32-33H,27-30H2. The number of hydrogen-bond donors (Lipinski definition) is 6. The SMILES string of the molecule is Nc1cc(C2=Cc3cc4ccc(cc5nc(cc6ccc(cc2n3)[nH]6)C=C5)[nH]4)c(N)c(N)c1N. The van der Waals surface area contributed by atoms with Gasteiger partial charge in [-0.3, -0.25) is 0 Å². The number of rotatable bonds is 1. The molecule has 0 atom stereocenters. The topological polar surface area (TPSA) is 161 Å². The highest BCUT2D eigenvalue weighted by Gasteiger charge is 2.19. The molecule has 0 unspecified atom stereocenters. The number of benzene rings is 1. The van der Waals surface area contributed by atoms with Crippen LogP contribution in [-0.2, 0) is 0 Å². The number of hydrogen-bond acceptors (Lipinski definition) is 6. The Hall–Kier alpha value is -4.98. The molecule has 6 rings (SSSR count). The van der Waals surface area contributed by atoms with Crippen molar-refractivity contribution >= 4 is 68.6 Å². The molecule has 1 aromatic carbocycles. The molecule has 0 aliphatic carbocycles. The van der Waals surface area contributed by atoms with Crippen molar-refractivity contribution in [2.75, 3.05) is 22.9 Å². The Bertz CT molecular complexity index is 1700. The predicted octanol–water partition coefficient (Wildman–Crippen LogP) is 4.40. The molecule has 4 aromatic rings. The zero-order valence-corrected chi connectivity index (χ0v) is 18.1. The minimum atomic E-state index is 0.272. The van der Waals surface area contributed by atoms with E-state index in [9.17, 15) is 0 Å². The van der Waals surface area contributed by atoms with E-state index in [0.717, 1.165) is 50.4 Å². The van der Waals surface area contributed by atoms with Crippen LogP contribution in [0.25, 0.3) is 45.9 Å². The smallest absolute Gasteiger partial charge is 0.0809 e. The summed E-state index contributed by atoms with van der Waals surface area (Å²) in [6, 6.07) is 17.7. The zero-order valence-electron chi connectivity index (χ0n) is 18.1. The highest BCUT2D eigenvalue weighted by molar-refractivity contribution is 6.02. The number of aromatic nitrogens is 4. The van der Waals surface area contributed by atoms with Crippen LogP contribution in [-0.4, -0.2) is 19.9 Å². The van der Waals surface area contributed by atoms with Gasteiger partial charge in [-0.05, 0) is 72.8 Å². The normalized spacial score (nSPS) is 12.6. The van der Waals surface area contributed by atoms with Gasteiger partial charge in [0.2, 0.25) is 0 Å². The van der Waals surface area contributed by atoms with E-state index in [-0.39, 0.29) is 11.4 Å². The van der Waals surface area contributed by atoms with Crippen molar-refractivity contribution in [1.29, 1.82) is 0 Å². The molecule has 2 aliphatic heterocycles. The molecule has 0 saturated carbocycles. The minimum Gasteiger partial charge on any atom is -0.397 e. The van der Waals surface area contributed by atoms with E-state index in [4.69, 9.17) is 27.9 Å². The van der Waals surface area contributed by atoms with Crippen LogP contribution in [0.3, 0.4) is 0 Å². The zero-order chi connectivity index (χ0) is 23.4. The summed E-state index contributed by atoms with van der Waals surface area (Å²) in [7, 11) is 0. The van der Waals surface area contributed by atoms with Crippen LogP contribution in [0.4, 0.5) is 22.7 Å². The van der Waals surface area contributed by atoms with Crippen molar-refractivity contribution in [3.8, 4) is 0 Å². The molecule has 2 aliphatic rings. The molecule has 8 nitrogen and oxygen atoms in total. The molecule has 34 heavy (non-hydrogen) atoms. The number of anilines is 4. The Morgan fingerprint density at radius 2 is 1.12 bits per heavy atom. The first-order valence-corrected chi connectivity index (χ1v) is 10.7. The Labute approximate surface area is 194 Å². The van der Waals surface area contributed by atoms with Gasteiger partial charge in [-0.2, -0.15) is 0 Å². The van der Waals surface area contributed by atoms with Crippen LogP contribution in [0.2, 0.25) is 0 Å². The van der Waals surface area contributed by atoms with Crippen LogP contribution < -0.4 is 22.9 Å². The lowest BCUT2D eigenvalue weighted by Crippen LogP contribution is -2.07. The lowest BCUT2D eigenvalue weighted by atomic mass is 9.98. The third kappa shape index (κ3) is 3.34. The lowest BCUT2D eigenvalue weighted by molar-refractivity contribution is 1.30. The van der Waals surface area contributed by atoms with Gasteiger partial charge < -0.3 is 32.9 Å². The quantitative estimate of drug-likeness (QED) is 0.205. The van der Waals surface area contributed by atoms with Crippen LogP contribution in [0.1, 0.15) is 28.3 Å². The number of H-pyrrole nitrogens is 2. The summed E-state index contributed by atoms with van der Waals surface area (Å²) in [4.78, 5) is 16.3. The van der Waals surface area contributed by atoms with Gasteiger partial charge in [-0.25, -0.2) is 9.97 Å². The van der Waals surface area contributed by atoms with E-state index in [2.05, 4.69) is 15.0 Å². The number of nitrogens with two attached hydrogens (primary N) is 4. The first-order valence-electron chi connectivity index (χ1n) is 10.7. The largest absolute Gasteiger partial charge is 0.397 e. The molecule has 0 spiro atoms. The van der Waals surface area contributed by atoms with E-state index in [1.54, 1.807) is 6.07 Å². The average Bonchev–Trinajstić information content (AvgIpc) is 3.60. The Morgan fingerprint density at radius 1 is 0.559 bits per heavy atom. The molecule has 3 aromatic heterocycles. The number of nitrogens with zero attached hydrogens (tertiary/aromatic N) is 2. The Kier molecular flexibility index (Phi) is 4.21. The fourth-order valence-corrected chi connectivity index (χ4v) is 4.21. The second-order valence-electron chi connectivity index (χ2n) is 8.34. The van der Waals surface area contributed by atoms with Crippen molar-refractivity contribution in [3.63, 3.8) is 0 Å². The maximum absolute atomic E-state index is 6.36. The first-order chi connectivity index (χ1) is 16.4. The van der Waals surface area contributed by atoms with E-state index in [1.807, 2.05) is 66.8 Å². The lowest BCUT2D eigenvalue weighted by Gasteiger charge is -2.13. The number of nitrogen functional groups attached to an aromatic ring is 4. The molecule has 166 valence electrons. The van der Waals surface area contributed by atoms with Gasteiger partial charge in [0, 0.05) is 33.2 Å². The van der Waals surface area contributed by atoms with Gasteiger partial charge in [-0.1, -0.05) is 0 Å². The first kappa shape index (κ1) is 19.7. The molecule has 10 N–H and O–H groups in total. The summed E-state index contributed by atoms with van der Waals surface area (Å²) in [5.41, 5.74) is 34.3. The summed E-state index contributed by atoms with van der Waals surface area (Å²) < 4.78 is 0. The number of aromatic amines is 2. The summed E-state index contributed by atoms with van der Waals surface area (Å²) in [5, 5.41) is 0. The highest BCUT2D eigenvalue weighted by Crippen LogP contribution is 2.39. The molecule has 0 radical (unpaired) electrons. The van der Waals surface area contributed by atoms with E-state index in [1.165, 1.54) is 0 Å². The summed E-state index contributed by atoms with van der Waals surface area (Å²) in [6.07, 6.45) is 5.95. The maximum atomic E-state index is 6.36. The van der Waals surface area contributed by atoms with E-state index in [0.29, 0.717) is 16.9 Å². The van der Waals surface area contributed by atoms with Crippen molar-refractivity contribution in [1.82, 2.24) is 19.9 Å². The van der Waals surface area contributed by atoms with Gasteiger partial charge in [0.15, 0.2) is 0 Å². The predicted molar refractivity (Wildman–Crippen MR) is 141 cm³/mol. The van der Waals surface area contributed by atoms with Crippen LogP contribution in [0.5, 0.6) is 0 Å². The van der Waals surface area contributed by atoms with Gasteiger partial charge in [0.25, 0.3) is 0 Å².